The van der Waals surface area contributed by atoms with Crippen LogP contribution in [0.15, 0.2) is 30.5 Å². The Morgan fingerprint density at radius 1 is 1.25 bits per heavy atom. The van der Waals surface area contributed by atoms with E-state index in [1.807, 2.05) is 6.20 Å². The van der Waals surface area contributed by atoms with Crippen LogP contribution in [0.5, 0.6) is 0 Å². The summed E-state index contributed by atoms with van der Waals surface area (Å²) in [4.78, 5) is 5.63. The van der Waals surface area contributed by atoms with Crippen molar-refractivity contribution in [2.45, 2.75) is 26.8 Å². The van der Waals surface area contributed by atoms with Crippen molar-refractivity contribution in [3.05, 3.63) is 45.9 Å². The summed E-state index contributed by atoms with van der Waals surface area (Å²) in [5.74, 6) is 0. The lowest BCUT2D eigenvalue weighted by Crippen LogP contribution is -1.96. The third-order valence-electron chi connectivity index (χ3n) is 2.42. The van der Waals surface area contributed by atoms with E-state index < -0.39 is 0 Å². The van der Waals surface area contributed by atoms with E-state index in [2.05, 4.69) is 48.4 Å². The minimum Gasteiger partial charge on any atom is -0.380 e. The van der Waals surface area contributed by atoms with Crippen LogP contribution in [0, 0.1) is 6.92 Å². The molecule has 0 aliphatic rings. The van der Waals surface area contributed by atoms with Crippen LogP contribution in [0.2, 0.25) is 0 Å². The molecule has 0 atom stereocenters. The zero-order valence-corrected chi connectivity index (χ0v) is 10.5. The third kappa shape index (κ3) is 2.83. The van der Waals surface area contributed by atoms with Crippen molar-refractivity contribution >= 4 is 17.0 Å². The number of thiazole rings is 1. The summed E-state index contributed by atoms with van der Waals surface area (Å²) >= 11 is 1.78. The van der Waals surface area contributed by atoms with E-state index in [-0.39, 0.29) is 0 Å². The molecule has 0 aliphatic heterocycles. The molecule has 1 N–H and O–H groups in total. The Kier molecular flexibility index (Phi) is 3.57. The molecule has 2 nitrogen and oxygen atoms in total. The quantitative estimate of drug-likeness (QED) is 0.870. The highest BCUT2D eigenvalue weighted by atomic mass is 32.1. The molecule has 16 heavy (non-hydrogen) atoms. The largest absolute Gasteiger partial charge is 0.380 e. The summed E-state index contributed by atoms with van der Waals surface area (Å²) in [5, 5.41) is 4.60. The van der Waals surface area contributed by atoms with Crippen molar-refractivity contribution in [2.24, 2.45) is 0 Å². The maximum Gasteiger partial charge on any atom is 0.0925 e. The van der Waals surface area contributed by atoms with Gasteiger partial charge in [0.2, 0.25) is 0 Å². The lowest BCUT2D eigenvalue weighted by atomic mass is 10.2. The van der Waals surface area contributed by atoms with Gasteiger partial charge in [-0.05, 0) is 25.5 Å². The Balaban J connectivity index is 1.94. The van der Waals surface area contributed by atoms with Crippen molar-refractivity contribution in [1.82, 2.24) is 4.98 Å². The maximum atomic E-state index is 4.34. The lowest BCUT2D eigenvalue weighted by Gasteiger charge is -2.04. The zero-order chi connectivity index (χ0) is 11.4. The van der Waals surface area contributed by atoms with E-state index in [0.29, 0.717) is 0 Å². The van der Waals surface area contributed by atoms with Crippen LogP contribution in [-0.4, -0.2) is 4.98 Å². The monoisotopic (exact) mass is 232 g/mol. The molecule has 1 aromatic carbocycles. The molecule has 0 saturated heterocycles. The van der Waals surface area contributed by atoms with E-state index in [4.69, 9.17) is 0 Å². The number of rotatable bonds is 4. The van der Waals surface area contributed by atoms with Gasteiger partial charge in [0, 0.05) is 16.8 Å². The van der Waals surface area contributed by atoms with Gasteiger partial charge in [0.25, 0.3) is 0 Å². The molecule has 0 spiro atoms. The second-order valence-corrected chi connectivity index (χ2v) is 4.99. The van der Waals surface area contributed by atoms with Crippen molar-refractivity contribution < 1.29 is 0 Å². The third-order valence-corrected chi connectivity index (χ3v) is 3.56. The Hall–Kier alpha value is -1.35. The van der Waals surface area contributed by atoms with Crippen LogP contribution in [0.25, 0.3) is 0 Å². The molecular formula is C13H16N2S. The fraction of sp³-hybridized carbons (Fsp3) is 0.308. The molecule has 84 valence electrons. The number of nitrogens with zero attached hydrogens (tertiary/aromatic N) is 1. The Bertz CT molecular complexity index is 445. The minimum absolute atomic E-state index is 0.862. The van der Waals surface area contributed by atoms with Crippen molar-refractivity contribution in [1.29, 1.82) is 0 Å². The standard InChI is InChI=1S/C13H16N2S/c1-3-13-15-9-12(16-13)8-14-11-6-4-10(2)5-7-11/h4-7,9,14H,3,8H2,1-2H3. The summed E-state index contributed by atoms with van der Waals surface area (Å²) in [6.07, 6.45) is 2.99. The van der Waals surface area contributed by atoms with Crippen LogP contribution in [0.3, 0.4) is 0 Å². The second kappa shape index (κ2) is 5.12. The molecule has 0 radical (unpaired) electrons. The number of aryl methyl sites for hydroxylation is 2. The van der Waals surface area contributed by atoms with Gasteiger partial charge >= 0.3 is 0 Å². The fourth-order valence-electron chi connectivity index (χ4n) is 1.45. The highest BCUT2D eigenvalue weighted by Crippen LogP contribution is 2.16. The van der Waals surface area contributed by atoms with Gasteiger partial charge in [0.1, 0.15) is 0 Å². The molecule has 0 unspecified atom stereocenters. The van der Waals surface area contributed by atoms with Gasteiger partial charge in [-0.15, -0.1) is 11.3 Å². The predicted octanol–water partition coefficient (Wildman–Crippen LogP) is 3.63. The number of hydrogen-bond acceptors (Lipinski definition) is 3. The summed E-state index contributed by atoms with van der Waals surface area (Å²) < 4.78 is 0. The molecule has 0 bridgehead atoms. The van der Waals surface area contributed by atoms with Gasteiger partial charge in [-0.3, -0.25) is 0 Å². The van der Waals surface area contributed by atoms with Crippen molar-refractivity contribution in [3.8, 4) is 0 Å². The summed E-state index contributed by atoms with van der Waals surface area (Å²) in [6, 6.07) is 8.45. The molecule has 2 rings (SSSR count). The van der Waals surface area contributed by atoms with Gasteiger partial charge in [0.15, 0.2) is 0 Å². The number of nitrogens with one attached hydrogen (secondary N) is 1. The van der Waals surface area contributed by atoms with E-state index >= 15 is 0 Å². The molecule has 1 aromatic heterocycles. The lowest BCUT2D eigenvalue weighted by molar-refractivity contribution is 1.09. The predicted molar refractivity (Wildman–Crippen MR) is 70.0 cm³/mol. The summed E-state index contributed by atoms with van der Waals surface area (Å²) in [5.41, 5.74) is 2.45. The highest BCUT2D eigenvalue weighted by Gasteiger charge is 1.99. The zero-order valence-electron chi connectivity index (χ0n) is 9.66. The number of aromatic nitrogens is 1. The highest BCUT2D eigenvalue weighted by molar-refractivity contribution is 7.11. The Labute approximate surface area is 100 Å². The first-order valence-electron chi connectivity index (χ1n) is 5.52. The smallest absolute Gasteiger partial charge is 0.0925 e. The molecule has 0 amide bonds. The van der Waals surface area contributed by atoms with Gasteiger partial charge in [-0.2, -0.15) is 0 Å². The van der Waals surface area contributed by atoms with Crippen LogP contribution < -0.4 is 5.32 Å². The first-order chi connectivity index (χ1) is 7.78. The van der Waals surface area contributed by atoms with E-state index in [9.17, 15) is 0 Å². The molecular weight excluding hydrogens is 216 g/mol. The van der Waals surface area contributed by atoms with E-state index in [1.165, 1.54) is 15.4 Å². The van der Waals surface area contributed by atoms with Crippen LogP contribution in [-0.2, 0) is 13.0 Å². The molecule has 2 aromatic rings. The first-order valence-corrected chi connectivity index (χ1v) is 6.33. The maximum absolute atomic E-state index is 4.34. The average molecular weight is 232 g/mol. The number of hydrogen-bond donors (Lipinski definition) is 1. The van der Waals surface area contributed by atoms with Crippen LogP contribution in [0.1, 0.15) is 22.4 Å². The first kappa shape index (κ1) is 11.1. The van der Waals surface area contributed by atoms with E-state index in [0.717, 1.165) is 18.7 Å². The van der Waals surface area contributed by atoms with Gasteiger partial charge in [0.05, 0.1) is 11.6 Å². The van der Waals surface area contributed by atoms with Crippen molar-refractivity contribution in [3.63, 3.8) is 0 Å². The topological polar surface area (TPSA) is 24.9 Å². The van der Waals surface area contributed by atoms with Crippen LogP contribution in [0.4, 0.5) is 5.69 Å². The molecule has 0 aliphatic carbocycles. The number of benzene rings is 1. The van der Waals surface area contributed by atoms with Gasteiger partial charge in [-0.25, -0.2) is 4.98 Å². The minimum atomic E-state index is 0.862. The molecule has 1 heterocycles. The van der Waals surface area contributed by atoms with Crippen LogP contribution >= 0.6 is 11.3 Å². The van der Waals surface area contributed by atoms with Crippen molar-refractivity contribution in [2.75, 3.05) is 5.32 Å². The Morgan fingerprint density at radius 2 is 2.00 bits per heavy atom. The van der Waals surface area contributed by atoms with Gasteiger partial charge in [-0.1, -0.05) is 24.6 Å². The average Bonchev–Trinajstić information content (AvgIpc) is 2.76. The fourth-order valence-corrected chi connectivity index (χ4v) is 2.26. The Morgan fingerprint density at radius 3 is 2.62 bits per heavy atom. The second-order valence-electron chi connectivity index (χ2n) is 3.79. The summed E-state index contributed by atoms with van der Waals surface area (Å²) in [7, 11) is 0. The summed E-state index contributed by atoms with van der Waals surface area (Å²) in [6.45, 7) is 5.09. The SMILES string of the molecule is CCc1ncc(CNc2ccc(C)cc2)s1. The molecule has 3 heteroatoms. The van der Waals surface area contributed by atoms with Gasteiger partial charge < -0.3 is 5.32 Å². The molecule has 0 fully saturated rings. The van der Waals surface area contributed by atoms with E-state index in [1.54, 1.807) is 11.3 Å². The normalized spacial score (nSPS) is 10.4. The molecule has 0 saturated carbocycles. The number of anilines is 1.